The highest BCUT2D eigenvalue weighted by atomic mass is 16.5. The molecule has 0 bridgehead atoms. The van der Waals surface area contributed by atoms with Crippen LogP contribution >= 0.6 is 0 Å². The second-order valence-electron chi connectivity index (χ2n) is 8.52. The zero-order valence-electron chi connectivity index (χ0n) is 13.6. The van der Waals surface area contributed by atoms with Gasteiger partial charge in [-0.3, -0.25) is 0 Å². The lowest BCUT2D eigenvalue weighted by Crippen LogP contribution is -2.25. The Morgan fingerprint density at radius 3 is 2.32 bits per heavy atom. The van der Waals surface area contributed by atoms with Gasteiger partial charge in [0, 0.05) is 5.92 Å². The van der Waals surface area contributed by atoms with E-state index in [9.17, 15) is 0 Å². The van der Waals surface area contributed by atoms with Crippen LogP contribution in [0.2, 0.25) is 0 Å². The van der Waals surface area contributed by atoms with Crippen molar-refractivity contribution in [3.05, 3.63) is 23.0 Å². The molecule has 0 radical (unpaired) electrons. The highest BCUT2D eigenvalue weighted by Crippen LogP contribution is 2.64. The SMILES string of the molecule is CC1C(C)(C)C2=CCC3CC(C)(C)OC3=C2C1(C)C. The molecule has 3 rings (SSSR count). The molecule has 0 aromatic carbocycles. The molecule has 0 amide bonds. The number of allylic oxidation sites excluding steroid dienone is 4. The van der Waals surface area contributed by atoms with E-state index in [1.54, 1.807) is 5.57 Å². The Morgan fingerprint density at radius 2 is 1.68 bits per heavy atom. The summed E-state index contributed by atoms with van der Waals surface area (Å²) in [5, 5.41) is 0. The number of rotatable bonds is 0. The lowest BCUT2D eigenvalue weighted by molar-refractivity contribution is 0.0723. The minimum atomic E-state index is 0.0162. The van der Waals surface area contributed by atoms with Gasteiger partial charge in [-0.25, -0.2) is 0 Å². The molecular weight excluding hydrogens is 232 g/mol. The van der Waals surface area contributed by atoms with E-state index in [0.29, 0.717) is 11.8 Å². The van der Waals surface area contributed by atoms with Gasteiger partial charge in [-0.1, -0.05) is 40.7 Å². The third-order valence-corrected chi connectivity index (χ3v) is 6.12. The van der Waals surface area contributed by atoms with E-state index in [-0.39, 0.29) is 16.4 Å². The molecule has 1 nitrogen and oxygen atoms in total. The molecule has 2 aliphatic carbocycles. The first-order valence-electron chi connectivity index (χ1n) is 7.72. The Kier molecular flexibility index (Phi) is 2.43. The van der Waals surface area contributed by atoms with Gasteiger partial charge in [-0.15, -0.1) is 0 Å². The largest absolute Gasteiger partial charge is 0.492 e. The first kappa shape index (κ1) is 13.3. The summed E-state index contributed by atoms with van der Waals surface area (Å²) in [6.45, 7) is 16.5. The van der Waals surface area contributed by atoms with E-state index in [1.807, 2.05) is 0 Å². The zero-order valence-corrected chi connectivity index (χ0v) is 13.6. The third-order valence-electron chi connectivity index (χ3n) is 6.12. The average Bonchev–Trinajstić information content (AvgIpc) is 2.65. The van der Waals surface area contributed by atoms with Crippen LogP contribution in [0.4, 0.5) is 0 Å². The summed E-state index contributed by atoms with van der Waals surface area (Å²) in [4.78, 5) is 0. The number of hydrogen-bond donors (Lipinski definition) is 0. The Bertz CT molecular complexity index is 488. The van der Waals surface area contributed by atoms with E-state index >= 15 is 0 Å². The van der Waals surface area contributed by atoms with Gasteiger partial charge < -0.3 is 4.74 Å². The smallest absolute Gasteiger partial charge is 0.104 e. The zero-order chi connectivity index (χ0) is 14.2. The Labute approximate surface area is 118 Å². The molecule has 2 atom stereocenters. The van der Waals surface area contributed by atoms with Crippen LogP contribution in [0.25, 0.3) is 0 Å². The van der Waals surface area contributed by atoms with Crippen molar-refractivity contribution in [2.75, 3.05) is 0 Å². The van der Waals surface area contributed by atoms with Crippen molar-refractivity contribution in [2.45, 2.75) is 66.9 Å². The minimum Gasteiger partial charge on any atom is -0.492 e. The van der Waals surface area contributed by atoms with Crippen molar-refractivity contribution in [3.63, 3.8) is 0 Å². The van der Waals surface area contributed by atoms with Gasteiger partial charge in [-0.05, 0) is 54.6 Å². The van der Waals surface area contributed by atoms with Crippen molar-refractivity contribution in [3.8, 4) is 0 Å². The predicted molar refractivity (Wildman–Crippen MR) is 79.7 cm³/mol. The highest BCUT2D eigenvalue weighted by Gasteiger charge is 2.55. The van der Waals surface area contributed by atoms with Crippen LogP contribution in [0, 0.1) is 22.7 Å². The number of ether oxygens (including phenoxy) is 1. The summed E-state index contributed by atoms with van der Waals surface area (Å²) in [5.74, 6) is 2.60. The summed E-state index contributed by atoms with van der Waals surface area (Å²) in [7, 11) is 0. The van der Waals surface area contributed by atoms with Crippen molar-refractivity contribution >= 4 is 0 Å². The fraction of sp³-hybridized carbons (Fsp3) is 0.778. The number of fused-ring (bicyclic) bond motifs is 2. The monoisotopic (exact) mass is 260 g/mol. The standard InChI is InChI=1S/C18H28O/c1-11-17(4,5)13-9-8-12-10-16(2,3)19-15(12)14(13)18(11,6)7/h9,11-12H,8,10H2,1-7H3. The van der Waals surface area contributed by atoms with Crippen LogP contribution in [0.5, 0.6) is 0 Å². The second-order valence-corrected chi connectivity index (χ2v) is 8.52. The molecule has 0 N–H and O–H groups in total. The van der Waals surface area contributed by atoms with E-state index < -0.39 is 0 Å². The lowest BCUT2D eigenvalue weighted by atomic mass is 9.73. The summed E-state index contributed by atoms with van der Waals surface area (Å²) in [5.41, 5.74) is 3.61. The van der Waals surface area contributed by atoms with Crippen molar-refractivity contribution in [1.82, 2.24) is 0 Å². The van der Waals surface area contributed by atoms with Gasteiger partial charge in [0.05, 0.1) is 0 Å². The summed E-state index contributed by atoms with van der Waals surface area (Å²) >= 11 is 0. The molecular formula is C18H28O. The molecule has 106 valence electrons. The van der Waals surface area contributed by atoms with Crippen molar-refractivity contribution < 1.29 is 4.74 Å². The quantitative estimate of drug-likeness (QED) is 0.589. The predicted octanol–water partition coefficient (Wildman–Crippen LogP) is 5.09. The van der Waals surface area contributed by atoms with Gasteiger partial charge in [0.2, 0.25) is 0 Å². The van der Waals surface area contributed by atoms with Crippen LogP contribution in [0.15, 0.2) is 23.0 Å². The second kappa shape index (κ2) is 3.48. The van der Waals surface area contributed by atoms with Crippen LogP contribution in [0.1, 0.15) is 61.3 Å². The highest BCUT2D eigenvalue weighted by molar-refractivity contribution is 5.51. The fourth-order valence-corrected chi connectivity index (χ4v) is 4.65. The molecule has 2 fully saturated rings. The van der Waals surface area contributed by atoms with E-state index in [2.05, 4.69) is 54.5 Å². The first-order chi connectivity index (χ1) is 8.57. The molecule has 1 heteroatoms. The van der Waals surface area contributed by atoms with Gasteiger partial charge in [0.1, 0.15) is 11.4 Å². The van der Waals surface area contributed by atoms with Crippen LogP contribution < -0.4 is 0 Å². The van der Waals surface area contributed by atoms with Crippen LogP contribution in [-0.2, 0) is 4.74 Å². The Balaban J connectivity index is 2.19. The number of hydrogen-bond acceptors (Lipinski definition) is 1. The molecule has 0 aromatic heterocycles. The molecule has 0 spiro atoms. The maximum absolute atomic E-state index is 6.38. The van der Waals surface area contributed by atoms with Crippen molar-refractivity contribution in [2.24, 2.45) is 22.7 Å². The molecule has 1 aliphatic heterocycles. The van der Waals surface area contributed by atoms with Crippen LogP contribution in [-0.4, -0.2) is 5.60 Å². The van der Waals surface area contributed by atoms with Gasteiger partial charge >= 0.3 is 0 Å². The molecule has 2 unspecified atom stereocenters. The average molecular weight is 260 g/mol. The van der Waals surface area contributed by atoms with E-state index in [4.69, 9.17) is 4.74 Å². The van der Waals surface area contributed by atoms with E-state index in [1.165, 1.54) is 24.2 Å². The van der Waals surface area contributed by atoms with Crippen molar-refractivity contribution in [1.29, 1.82) is 0 Å². The first-order valence-corrected chi connectivity index (χ1v) is 7.72. The molecule has 19 heavy (non-hydrogen) atoms. The summed E-state index contributed by atoms with van der Waals surface area (Å²) < 4.78 is 6.38. The molecule has 3 aliphatic rings. The maximum atomic E-state index is 6.38. The Morgan fingerprint density at radius 1 is 1.05 bits per heavy atom. The van der Waals surface area contributed by atoms with Gasteiger partial charge in [0.15, 0.2) is 0 Å². The van der Waals surface area contributed by atoms with Crippen LogP contribution in [0.3, 0.4) is 0 Å². The van der Waals surface area contributed by atoms with Gasteiger partial charge in [-0.2, -0.15) is 0 Å². The lowest BCUT2D eigenvalue weighted by Gasteiger charge is -2.31. The molecule has 0 aromatic rings. The summed E-state index contributed by atoms with van der Waals surface area (Å²) in [6, 6.07) is 0. The molecule has 1 heterocycles. The minimum absolute atomic E-state index is 0.0162. The molecule has 1 saturated heterocycles. The summed E-state index contributed by atoms with van der Waals surface area (Å²) in [6.07, 6.45) is 4.85. The Hall–Kier alpha value is -0.720. The maximum Gasteiger partial charge on any atom is 0.104 e. The normalized spacial score (nSPS) is 37.5. The van der Waals surface area contributed by atoms with E-state index in [0.717, 1.165) is 0 Å². The molecule has 1 saturated carbocycles. The van der Waals surface area contributed by atoms with Gasteiger partial charge in [0.25, 0.3) is 0 Å². The fourth-order valence-electron chi connectivity index (χ4n) is 4.65. The third kappa shape index (κ3) is 1.60. The topological polar surface area (TPSA) is 9.23 Å².